The van der Waals surface area contributed by atoms with Gasteiger partial charge in [-0.1, -0.05) is 44.2 Å². The second-order valence-electron chi connectivity index (χ2n) is 18.7. The molecule has 5 N–H and O–H groups in total. The Labute approximate surface area is 358 Å². The average Bonchev–Trinajstić information content (AvgIpc) is 3.93. The van der Waals surface area contributed by atoms with Gasteiger partial charge in [-0.25, -0.2) is 0 Å². The first-order valence-corrected chi connectivity index (χ1v) is 22.0. The average molecular weight is 842 g/mol. The number of hydrogen-bond acceptors (Lipinski definition) is 12. The number of methoxy groups -OCH3 is 4. The summed E-state index contributed by atoms with van der Waals surface area (Å²) in [5, 5.41) is 42.0. The molecule has 10 atom stereocenters. The van der Waals surface area contributed by atoms with Crippen LogP contribution in [0.5, 0.6) is 5.75 Å². The number of esters is 1. The van der Waals surface area contributed by atoms with Crippen LogP contribution >= 0.6 is 0 Å². The van der Waals surface area contributed by atoms with Crippen molar-refractivity contribution in [3.8, 4) is 5.75 Å². The Hall–Kier alpha value is -4.02. The molecule has 1 amide bonds. The van der Waals surface area contributed by atoms with Gasteiger partial charge >= 0.3 is 5.97 Å². The molecule has 2 bridgehead atoms. The van der Waals surface area contributed by atoms with E-state index in [1.54, 1.807) is 7.11 Å². The molecule has 1 saturated carbocycles. The Kier molecular flexibility index (Phi) is 10.4. The van der Waals surface area contributed by atoms with E-state index in [-0.39, 0.29) is 18.5 Å². The van der Waals surface area contributed by atoms with E-state index in [0.717, 1.165) is 33.4 Å². The number of carbonyl (C=O) groups is 2. The molecule has 9 rings (SSSR count). The first-order chi connectivity index (χ1) is 29.3. The van der Waals surface area contributed by atoms with Gasteiger partial charge in [0.2, 0.25) is 0 Å². The molecule has 6 heterocycles. The van der Waals surface area contributed by atoms with E-state index < -0.39 is 57.8 Å². The number of benzene rings is 2. The fourth-order valence-corrected chi connectivity index (χ4v) is 13.6. The smallest absolute Gasteiger partial charge is 0.322 e. The van der Waals surface area contributed by atoms with Crippen LogP contribution in [0, 0.1) is 11.3 Å². The van der Waals surface area contributed by atoms with Crippen molar-refractivity contribution in [3.05, 3.63) is 70.9 Å². The van der Waals surface area contributed by atoms with Gasteiger partial charge in [0.1, 0.15) is 17.3 Å². The minimum atomic E-state index is -2.31. The SMILES string of the molecule is CC[C@]1(O)C[C@H]2CN(CCc3c([nH]c4ccccc34)[C@@](C(=O)OC)(c3cc4c(cc3OC)N(C)[C@H]3[C@@](O)(C(=O)NCC(OC)OC)[C@H](O)[C@]5(CC)C=CCN6CC[C@]43[C@@H]65)C2)C1. The Morgan fingerprint density at radius 2 is 1.77 bits per heavy atom. The predicted molar refractivity (Wildman–Crippen MR) is 230 cm³/mol. The molecule has 1 unspecified atom stereocenters. The molecule has 61 heavy (non-hydrogen) atoms. The summed E-state index contributed by atoms with van der Waals surface area (Å²) in [5.74, 6) is -0.781. The van der Waals surface area contributed by atoms with Crippen LogP contribution in [0.3, 0.4) is 0 Å². The molecule has 1 spiro atoms. The second-order valence-corrected chi connectivity index (χ2v) is 18.7. The molecule has 14 nitrogen and oxygen atoms in total. The van der Waals surface area contributed by atoms with Crippen LogP contribution in [0.15, 0.2) is 48.6 Å². The van der Waals surface area contributed by atoms with Gasteiger partial charge in [0.25, 0.3) is 5.91 Å². The highest BCUT2D eigenvalue weighted by Crippen LogP contribution is 2.67. The molecule has 1 aromatic heterocycles. The largest absolute Gasteiger partial charge is 0.496 e. The zero-order chi connectivity index (χ0) is 43.3. The normalized spacial score (nSPS) is 36.4. The Morgan fingerprint density at radius 3 is 2.48 bits per heavy atom. The summed E-state index contributed by atoms with van der Waals surface area (Å²) >= 11 is 0. The molecule has 0 radical (unpaired) electrons. The summed E-state index contributed by atoms with van der Waals surface area (Å²) in [7, 11) is 7.89. The number of rotatable bonds is 10. The van der Waals surface area contributed by atoms with E-state index in [4.69, 9.17) is 18.9 Å². The lowest BCUT2D eigenvalue weighted by atomic mass is 9.47. The van der Waals surface area contributed by atoms with Crippen molar-refractivity contribution in [1.82, 2.24) is 20.1 Å². The van der Waals surface area contributed by atoms with Gasteiger partial charge in [0, 0.05) is 98.2 Å². The summed E-state index contributed by atoms with van der Waals surface area (Å²) in [6.45, 7) is 7.31. The van der Waals surface area contributed by atoms with Crippen molar-refractivity contribution in [2.75, 3.05) is 79.7 Å². The van der Waals surface area contributed by atoms with Gasteiger partial charge in [-0.05, 0) is 74.2 Å². The second kappa shape index (κ2) is 15.1. The number of carbonyl (C=O) groups excluding carboxylic acids is 2. The van der Waals surface area contributed by atoms with Crippen molar-refractivity contribution in [3.63, 3.8) is 0 Å². The Bertz CT molecular complexity index is 2240. The summed E-state index contributed by atoms with van der Waals surface area (Å²) in [5.41, 5.74) is -1.61. The van der Waals surface area contributed by atoms with Crippen LogP contribution in [0.1, 0.15) is 68.3 Å². The zero-order valence-corrected chi connectivity index (χ0v) is 36.6. The number of aromatic nitrogens is 1. The van der Waals surface area contributed by atoms with Crippen molar-refractivity contribution < 1.29 is 43.9 Å². The van der Waals surface area contributed by atoms with E-state index in [0.29, 0.717) is 82.6 Å². The molecule has 1 aliphatic carbocycles. The highest BCUT2D eigenvalue weighted by molar-refractivity contribution is 5.95. The fourth-order valence-electron chi connectivity index (χ4n) is 13.6. The van der Waals surface area contributed by atoms with E-state index in [9.17, 15) is 20.1 Å². The molecule has 330 valence electrons. The lowest BCUT2D eigenvalue weighted by Crippen LogP contribution is -2.81. The summed E-state index contributed by atoms with van der Waals surface area (Å²) < 4.78 is 23.1. The minimum absolute atomic E-state index is 0.0417. The molecule has 3 fully saturated rings. The van der Waals surface area contributed by atoms with Crippen molar-refractivity contribution >= 4 is 28.5 Å². The first kappa shape index (κ1) is 42.3. The number of fused-ring (bicyclic) bond motifs is 6. The van der Waals surface area contributed by atoms with Crippen LogP contribution in [-0.4, -0.2) is 152 Å². The molecule has 2 aromatic carbocycles. The minimum Gasteiger partial charge on any atom is -0.496 e. The number of aromatic amines is 1. The monoisotopic (exact) mass is 841 g/mol. The Morgan fingerprint density at radius 1 is 1.00 bits per heavy atom. The van der Waals surface area contributed by atoms with E-state index in [2.05, 4.69) is 38.3 Å². The first-order valence-electron chi connectivity index (χ1n) is 22.0. The van der Waals surface area contributed by atoms with Crippen LogP contribution in [0.4, 0.5) is 5.69 Å². The molecule has 5 aliphatic heterocycles. The van der Waals surface area contributed by atoms with E-state index in [1.165, 1.54) is 21.3 Å². The van der Waals surface area contributed by atoms with Gasteiger partial charge in [-0.3, -0.25) is 19.4 Å². The van der Waals surface area contributed by atoms with Crippen LogP contribution in [-0.2, 0) is 41.1 Å². The number of nitrogens with zero attached hydrogens (tertiary/aromatic N) is 3. The number of aliphatic hydroxyl groups is 3. The topological polar surface area (TPSA) is 169 Å². The zero-order valence-electron chi connectivity index (χ0n) is 36.6. The Balaban J connectivity index is 1.32. The number of hydrogen-bond donors (Lipinski definition) is 5. The number of para-hydroxylation sites is 1. The number of H-pyrrole nitrogens is 1. The maximum Gasteiger partial charge on any atom is 0.322 e. The van der Waals surface area contributed by atoms with Crippen LogP contribution in [0.25, 0.3) is 10.9 Å². The maximum atomic E-state index is 15.4. The van der Waals surface area contributed by atoms with Gasteiger partial charge < -0.3 is 49.5 Å². The third kappa shape index (κ3) is 5.71. The summed E-state index contributed by atoms with van der Waals surface area (Å²) in [6, 6.07) is 11.0. The van der Waals surface area contributed by atoms with Gasteiger partial charge in [-0.2, -0.15) is 0 Å². The molecule has 6 aliphatic rings. The third-order valence-electron chi connectivity index (χ3n) is 16.2. The van der Waals surface area contributed by atoms with Gasteiger partial charge in [-0.15, -0.1) is 0 Å². The molecule has 14 heteroatoms. The number of piperidine rings is 1. The van der Waals surface area contributed by atoms with Crippen molar-refractivity contribution in [2.24, 2.45) is 11.3 Å². The number of anilines is 1. The number of nitrogens with one attached hydrogen (secondary N) is 2. The quantitative estimate of drug-likeness (QED) is 0.115. The standard InChI is InChI=1S/C47H63N5O9/c1-8-43(56)23-28-24-46(42(55)61-7,37-30(15-19-51(26-28)27-43)29-13-10-11-14-33(29)49-37)32-21-31-34(22-35(32)58-4)50(3)39-45(31)17-20-52-18-12-16-44(9-2,38(45)52)40(53)47(39,57)41(54)48-25-36(59-5)60-6/h10-14,16,21-22,28,36,38-40,49,53,56-57H,8-9,15,17-20,23-27H2,1-7H3,(H,48,54)/t28-,38+,39-,40-,43+,44-,45-,46+,47+/m1/s1. The van der Waals surface area contributed by atoms with Crippen molar-refractivity contribution in [1.29, 1.82) is 0 Å². The molecular weight excluding hydrogens is 779 g/mol. The van der Waals surface area contributed by atoms with Crippen LogP contribution in [0.2, 0.25) is 0 Å². The molecule has 2 saturated heterocycles. The molecular formula is C47H63N5O9. The highest BCUT2D eigenvalue weighted by atomic mass is 16.7. The van der Waals surface area contributed by atoms with E-state index in [1.807, 2.05) is 56.1 Å². The van der Waals surface area contributed by atoms with Gasteiger partial charge in [0.15, 0.2) is 11.9 Å². The lowest BCUT2D eigenvalue weighted by molar-refractivity contribution is -0.204. The summed E-state index contributed by atoms with van der Waals surface area (Å²) in [6.07, 6.45) is 4.96. The van der Waals surface area contributed by atoms with Gasteiger partial charge in [0.05, 0.1) is 32.4 Å². The lowest BCUT2D eigenvalue weighted by Gasteiger charge is -2.63. The predicted octanol–water partition coefficient (Wildman–Crippen LogP) is 2.98. The number of ether oxygens (including phenoxy) is 4. The maximum absolute atomic E-state index is 15.4. The summed E-state index contributed by atoms with van der Waals surface area (Å²) in [4.78, 5) is 40.6. The highest BCUT2D eigenvalue weighted by Gasteiger charge is 2.78. The van der Waals surface area contributed by atoms with E-state index >= 15 is 4.79 Å². The molecule has 3 aromatic rings. The number of amides is 1. The number of aliphatic hydroxyl groups excluding tert-OH is 1. The van der Waals surface area contributed by atoms with Crippen LogP contribution < -0.4 is 15.0 Å². The number of likely N-dealkylation sites (N-methyl/N-ethyl adjacent to an activating group) is 1. The third-order valence-corrected chi connectivity index (χ3v) is 16.2. The van der Waals surface area contributed by atoms with Crippen molar-refractivity contribution in [2.45, 2.75) is 98.9 Å². The fraction of sp³-hybridized carbons (Fsp3) is 0.617.